The van der Waals surface area contributed by atoms with E-state index in [1.54, 1.807) is 31.9 Å². The molecule has 10 heteroatoms. The molecule has 2 fully saturated rings. The summed E-state index contributed by atoms with van der Waals surface area (Å²) in [5.41, 5.74) is 0.887. The number of esters is 1. The molecule has 0 bridgehead atoms. The number of hydrogen-bond acceptors (Lipinski definition) is 8. The minimum Gasteiger partial charge on any atom is -0.466 e. The molecule has 3 rings (SSSR count). The van der Waals surface area contributed by atoms with Crippen molar-refractivity contribution in [2.24, 2.45) is 18.9 Å². The standard InChI is InChI=1S/C28H38N4O4S2/c1-6-9-10-19(7-2)17-32-26(34)23(38-28(32)37)15-21-18(4)22(16-29)25(33)30(5)24(21)31-13-11-20(12-14-31)27(35)36-8-3/h15,19-20H,6-14,17H2,1-5H3/b23-15+. The fourth-order valence-corrected chi connectivity index (χ4v) is 6.40. The zero-order chi connectivity index (χ0) is 28.0. The second kappa shape index (κ2) is 13.4. The molecular weight excluding hydrogens is 520 g/mol. The van der Waals surface area contributed by atoms with Crippen LogP contribution in [0.3, 0.4) is 0 Å². The molecule has 0 saturated carbocycles. The van der Waals surface area contributed by atoms with Gasteiger partial charge in [-0.2, -0.15) is 5.26 Å². The Labute approximate surface area is 235 Å². The minimum absolute atomic E-state index is 0.0602. The van der Waals surface area contributed by atoms with Crippen LogP contribution in [-0.2, 0) is 21.4 Å². The molecule has 206 valence electrons. The number of anilines is 1. The van der Waals surface area contributed by atoms with Gasteiger partial charge in [-0.3, -0.25) is 23.9 Å². The Balaban J connectivity index is 1.98. The first-order valence-corrected chi connectivity index (χ1v) is 14.7. The number of carbonyl (C=O) groups excluding carboxylic acids is 2. The highest BCUT2D eigenvalue weighted by atomic mass is 32.2. The molecule has 38 heavy (non-hydrogen) atoms. The quantitative estimate of drug-likeness (QED) is 0.230. The molecule has 1 aromatic heterocycles. The van der Waals surface area contributed by atoms with E-state index in [0.717, 1.165) is 25.7 Å². The van der Waals surface area contributed by atoms with Crippen LogP contribution in [0.15, 0.2) is 9.70 Å². The van der Waals surface area contributed by atoms with Gasteiger partial charge in [-0.15, -0.1) is 0 Å². The molecule has 0 N–H and O–H groups in total. The molecule has 2 saturated heterocycles. The van der Waals surface area contributed by atoms with Crippen LogP contribution < -0.4 is 10.5 Å². The van der Waals surface area contributed by atoms with E-state index >= 15 is 0 Å². The monoisotopic (exact) mass is 558 g/mol. The molecule has 0 aliphatic carbocycles. The van der Waals surface area contributed by atoms with Gasteiger partial charge < -0.3 is 9.64 Å². The summed E-state index contributed by atoms with van der Waals surface area (Å²) in [7, 11) is 1.65. The highest BCUT2D eigenvalue weighted by molar-refractivity contribution is 8.26. The number of nitrogens with zero attached hydrogens (tertiary/aromatic N) is 4. The number of pyridine rings is 1. The van der Waals surface area contributed by atoms with Gasteiger partial charge in [0.2, 0.25) is 0 Å². The van der Waals surface area contributed by atoms with Crippen LogP contribution in [0.2, 0.25) is 0 Å². The lowest BCUT2D eigenvalue weighted by atomic mass is 9.95. The Kier molecular flexibility index (Phi) is 10.6. The van der Waals surface area contributed by atoms with Gasteiger partial charge in [-0.25, -0.2) is 0 Å². The molecule has 2 aliphatic heterocycles. The molecule has 0 aromatic carbocycles. The average molecular weight is 559 g/mol. The number of aromatic nitrogens is 1. The van der Waals surface area contributed by atoms with Crippen LogP contribution in [0.4, 0.5) is 5.82 Å². The van der Waals surface area contributed by atoms with Crippen LogP contribution in [0, 0.1) is 30.1 Å². The van der Waals surface area contributed by atoms with Crippen LogP contribution in [-0.4, -0.2) is 51.9 Å². The maximum atomic E-state index is 13.5. The van der Waals surface area contributed by atoms with Crippen molar-refractivity contribution in [2.75, 3.05) is 31.1 Å². The number of thiocarbonyl (C=S) groups is 1. The molecule has 2 aliphatic rings. The first kappa shape index (κ1) is 29.9. The molecule has 0 spiro atoms. The summed E-state index contributed by atoms with van der Waals surface area (Å²) in [4.78, 5) is 43.0. The van der Waals surface area contributed by atoms with Gasteiger partial charge in [0.05, 0.1) is 17.4 Å². The fourth-order valence-electron chi connectivity index (χ4n) is 5.15. The number of ether oxygens (including phenoxy) is 1. The van der Waals surface area contributed by atoms with Crippen LogP contribution >= 0.6 is 24.0 Å². The zero-order valence-electron chi connectivity index (χ0n) is 23.0. The van der Waals surface area contributed by atoms with Crippen molar-refractivity contribution in [2.45, 2.75) is 66.2 Å². The number of hydrogen-bond donors (Lipinski definition) is 0. The molecule has 1 amide bonds. The third-order valence-electron chi connectivity index (χ3n) is 7.52. The van der Waals surface area contributed by atoms with E-state index in [0.29, 0.717) is 71.2 Å². The summed E-state index contributed by atoms with van der Waals surface area (Å²) >= 11 is 6.87. The lowest BCUT2D eigenvalue weighted by Gasteiger charge is -2.35. The Bertz CT molecular complexity index is 1210. The van der Waals surface area contributed by atoms with Gasteiger partial charge in [-0.05, 0) is 50.7 Å². The third-order valence-corrected chi connectivity index (χ3v) is 8.89. The molecule has 1 aromatic rings. The fraction of sp³-hybridized carbons (Fsp3) is 0.607. The van der Waals surface area contributed by atoms with Crippen molar-refractivity contribution in [3.63, 3.8) is 0 Å². The molecule has 1 atom stereocenters. The third kappa shape index (κ3) is 6.32. The lowest BCUT2D eigenvalue weighted by molar-refractivity contribution is -0.148. The average Bonchev–Trinajstić information content (AvgIpc) is 3.17. The van der Waals surface area contributed by atoms with E-state index in [1.807, 2.05) is 6.07 Å². The molecule has 0 radical (unpaired) electrons. The first-order chi connectivity index (χ1) is 18.2. The van der Waals surface area contributed by atoms with E-state index in [-0.39, 0.29) is 28.9 Å². The summed E-state index contributed by atoms with van der Waals surface area (Å²) in [5, 5.41) is 9.74. The summed E-state index contributed by atoms with van der Waals surface area (Å²) in [6, 6.07) is 2.05. The Morgan fingerprint density at radius 3 is 2.53 bits per heavy atom. The topological polar surface area (TPSA) is 95.6 Å². The minimum atomic E-state index is -0.376. The molecular formula is C28H38N4O4S2. The van der Waals surface area contributed by atoms with Crippen LogP contribution in [0.25, 0.3) is 6.08 Å². The largest absolute Gasteiger partial charge is 0.466 e. The summed E-state index contributed by atoms with van der Waals surface area (Å²) in [5.74, 6) is 0.534. The number of amides is 1. The highest BCUT2D eigenvalue weighted by Gasteiger charge is 2.35. The normalized spacial score (nSPS) is 18.3. The number of unbranched alkanes of at least 4 members (excludes halogenated alkanes) is 1. The first-order valence-electron chi connectivity index (χ1n) is 13.5. The summed E-state index contributed by atoms with van der Waals surface area (Å²) in [6.45, 7) is 9.91. The van der Waals surface area contributed by atoms with Gasteiger partial charge in [0.1, 0.15) is 21.8 Å². The number of rotatable bonds is 10. The predicted molar refractivity (Wildman–Crippen MR) is 156 cm³/mol. The van der Waals surface area contributed by atoms with Crippen molar-refractivity contribution >= 4 is 52.1 Å². The predicted octanol–water partition coefficient (Wildman–Crippen LogP) is 4.76. The Morgan fingerprint density at radius 2 is 1.95 bits per heavy atom. The van der Waals surface area contributed by atoms with E-state index in [1.165, 1.54) is 16.3 Å². The molecule has 3 heterocycles. The smallest absolute Gasteiger partial charge is 0.309 e. The summed E-state index contributed by atoms with van der Waals surface area (Å²) < 4.78 is 7.23. The Hall–Kier alpha value is -2.64. The van der Waals surface area contributed by atoms with Crippen molar-refractivity contribution in [3.8, 4) is 6.07 Å². The van der Waals surface area contributed by atoms with Crippen molar-refractivity contribution in [3.05, 3.63) is 31.9 Å². The number of piperidine rings is 1. The van der Waals surface area contributed by atoms with Crippen molar-refractivity contribution < 1.29 is 14.3 Å². The Morgan fingerprint density at radius 1 is 1.26 bits per heavy atom. The molecule has 1 unspecified atom stereocenters. The van der Waals surface area contributed by atoms with E-state index in [2.05, 4.69) is 18.7 Å². The highest BCUT2D eigenvalue weighted by Crippen LogP contribution is 2.37. The lowest BCUT2D eigenvalue weighted by Crippen LogP contribution is -2.40. The number of carbonyl (C=O) groups is 2. The second-order valence-corrected chi connectivity index (χ2v) is 11.6. The van der Waals surface area contributed by atoms with Crippen LogP contribution in [0.5, 0.6) is 0 Å². The van der Waals surface area contributed by atoms with Gasteiger partial charge in [0.15, 0.2) is 0 Å². The van der Waals surface area contributed by atoms with Crippen LogP contribution in [0.1, 0.15) is 76.0 Å². The number of thioether (sulfide) groups is 1. The maximum Gasteiger partial charge on any atom is 0.309 e. The van der Waals surface area contributed by atoms with Gasteiger partial charge >= 0.3 is 5.97 Å². The van der Waals surface area contributed by atoms with Crippen molar-refractivity contribution in [1.29, 1.82) is 5.26 Å². The van der Waals surface area contributed by atoms with Gasteiger partial charge in [-0.1, -0.05) is 57.1 Å². The van der Waals surface area contributed by atoms with E-state index in [4.69, 9.17) is 17.0 Å². The SMILES string of the molecule is CCCCC(CC)CN1C(=O)/C(=C\c2c(C)c(C#N)c(=O)n(C)c2N2CCC(C(=O)OCC)CC2)SC1=S. The molecule has 8 nitrogen and oxygen atoms in total. The van der Waals surface area contributed by atoms with Gasteiger partial charge in [0, 0.05) is 32.2 Å². The second-order valence-electron chi connectivity index (χ2n) is 9.94. The maximum absolute atomic E-state index is 13.5. The van der Waals surface area contributed by atoms with E-state index < -0.39 is 0 Å². The summed E-state index contributed by atoms with van der Waals surface area (Å²) in [6.07, 6.45) is 7.26. The van der Waals surface area contributed by atoms with Gasteiger partial charge in [0.25, 0.3) is 11.5 Å². The van der Waals surface area contributed by atoms with E-state index in [9.17, 15) is 19.6 Å². The zero-order valence-corrected chi connectivity index (χ0v) is 24.7. The van der Waals surface area contributed by atoms with Crippen molar-refractivity contribution in [1.82, 2.24) is 9.47 Å². The number of nitriles is 1.